The molecule has 0 unspecified atom stereocenters. The van der Waals surface area contributed by atoms with Crippen LogP contribution in [0.15, 0.2) is 11.6 Å². The number of ketones is 3. The molecule has 0 bridgehead atoms. The average Bonchev–Trinajstić information content (AvgIpc) is 2.84. The highest BCUT2D eigenvalue weighted by Gasteiger charge is 2.61. The Balaban J connectivity index is 1.78. The minimum atomic E-state index is -0.541. The molecule has 0 heterocycles. The summed E-state index contributed by atoms with van der Waals surface area (Å²) in [6.45, 7) is 2.02. The van der Waals surface area contributed by atoms with E-state index in [1.165, 1.54) is 6.08 Å². The first-order valence-corrected chi connectivity index (χ1v) is 8.85. The molecule has 4 aliphatic carbocycles. The standard InChI is InChI=1S/C19H24O4/c1-18-6-5-14-12(13(18)2-3-17(18)23)9-16(22)15-8-11(21)4-7-19(14,15)10-20/h8,12-14,20H,2-7,9-10H2,1H3/t12-,13-,14-,18-,19-/m0/s1. The molecule has 0 radical (unpaired) electrons. The van der Waals surface area contributed by atoms with Crippen LogP contribution in [0, 0.1) is 28.6 Å². The van der Waals surface area contributed by atoms with Crippen molar-refractivity contribution >= 4 is 17.3 Å². The SMILES string of the molecule is C[C@]12CC[C@H]3[C@@H](CC(=O)C4=CC(=O)CC[C@@]43CO)[C@@H]1CCC2=O. The summed E-state index contributed by atoms with van der Waals surface area (Å²) in [5.74, 6) is 1.06. The number of aliphatic hydroxyl groups is 1. The van der Waals surface area contributed by atoms with Crippen molar-refractivity contribution in [3.63, 3.8) is 0 Å². The maximum Gasteiger partial charge on any atom is 0.159 e. The van der Waals surface area contributed by atoms with Gasteiger partial charge in [0.05, 0.1) is 6.61 Å². The van der Waals surface area contributed by atoms with Crippen molar-refractivity contribution in [3.05, 3.63) is 11.6 Å². The summed E-state index contributed by atoms with van der Waals surface area (Å²) in [6.07, 6.45) is 6.19. The van der Waals surface area contributed by atoms with Gasteiger partial charge in [-0.25, -0.2) is 0 Å². The average molecular weight is 316 g/mol. The molecule has 0 spiro atoms. The topological polar surface area (TPSA) is 71.4 Å². The highest BCUT2D eigenvalue weighted by molar-refractivity contribution is 6.06. The quantitative estimate of drug-likeness (QED) is 0.805. The van der Waals surface area contributed by atoms with Crippen LogP contribution in [0.25, 0.3) is 0 Å². The van der Waals surface area contributed by atoms with Crippen LogP contribution in [0.1, 0.15) is 51.9 Å². The molecule has 4 heteroatoms. The van der Waals surface area contributed by atoms with Gasteiger partial charge in [0, 0.05) is 35.7 Å². The molecular weight excluding hydrogens is 292 g/mol. The number of hydrogen-bond donors (Lipinski definition) is 1. The zero-order chi connectivity index (χ0) is 16.4. The Morgan fingerprint density at radius 3 is 2.65 bits per heavy atom. The monoisotopic (exact) mass is 316 g/mol. The maximum absolute atomic E-state index is 12.8. The minimum absolute atomic E-state index is 0.00701. The zero-order valence-corrected chi connectivity index (χ0v) is 13.6. The molecule has 0 aromatic heterocycles. The van der Waals surface area contributed by atoms with Crippen LogP contribution in [0.4, 0.5) is 0 Å². The summed E-state index contributed by atoms with van der Waals surface area (Å²) < 4.78 is 0. The molecule has 3 saturated carbocycles. The van der Waals surface area contributed by atoms with Gasteiger partial charge in [-0.1, -0.05) is 6.92 Å². The second-order valence-corrected chi connectivity index (χ2v) is 8.26. The third-order valence-electron chi connectivity index (χ3n) is 7.52. The third-order valence-corrected chi connectivity index (χ3v) is 7.52. The smallest absolute Gasteiger partial charge is 0.159 e. The molecule has 4 aliphatic rings. The summed E-state index contributed by atoms with van der Waals surface area (Å²) in [5, 5.41) is 10.2. The van der Waals surface area contributed by atoms with Crippen LogP contribution in [0.3, 0.4) is 0 Å². The Bertz CT molecular complexity index is 633. The van der Waals surface area contributed by atoms with E-state index < -0.39 is 5.41 Å². The number of aliphatic hydroxyl groups excluding tert-OH is 1. The number of carbonyl (C=O) groups is 3. The predicted molar refractivity (Wildman–Crippen MR) is 83.5 cm³/mol. The van der Waals surface area contributed by atoms with Crippen molar-refractivity contribution in [3.8, 4) is 0 Å². The van der Waals surface area contributed by atoms with E-state index in [4.69, 9.17) is 0 Å². The Labute approximate surface area is 136 Å². The molecule has 0 aromatic rings. The molecule has 23 heavy (non-hydrogen) atoms. The number of hydrogen-bond acceptors (Lipinski definition) is 4. The first-order chi connectivity index (χ1) is 10.9. The second kappa shape index (κ2) is 4.85. The van der Waals surface area contributed by atoms with Gasteiger partial charge in [0.15, 0.2) is 11.6 Å². The molecule has 5 atom stereocenters. The summed E-state index contributed by atoms with van der Waals surface area (Å²) in [7, 11) is 0. The Morgan fingerprint density at radius 1 is 1.13 bits per heavy atom. The molecular formula is C19H24O4. The van der Waals surface area contributed by atoms with Gasteiger partial charge in [-0.2, -0.15) is 0 Å². The number of Topliss-reactive ketones (excluding diaryl/α,β-unsaturated/α-hetero) is 2. The van der Waals surface area contributed by atoms with Crippen molar-refractivity contribution in [1.82, 2.24) is 0 Å². The number of rotatable bonds is 1. The van der Waals surface area contributed by atoms with E-state index in [0.717, 1.165) is 19.3 Å². The van der Waals surface area contributed by atoms with Crippen molar-refractivity contribution in [1.29, 1.82) is 0 Å². The largest absolute Gasteiger partial charge is 0.395 e. The molecule has 1 N–H and O–H groups in total. The third kappa shape index (κ3) is 1.84. The first-order valence-electron chi connectivity index (χ1n) is 8.85. The van der Waals surface area contributed by atoms with Crippen molar-refractivity contribution in [2.75, 3.05) is 6.61 Å². The lowest BCUT2D eigenvalue weighted by atomic mass is 9.47. The van der Waals surface area contributed by atoms with Gasteiger partial charge in [-0.3, -0.25) is 14.4 Å². The van der Waals surface area contributed by atoms with E-state index in [2.05, 4.69) is 6.92 Å². The van der Waals surface area contributed by atoms with Crippen LogP contribution in [0.5, 0.6) is 0 Å². The van der Waals surface area contributed by atoms with E-state index in [0.29, 0.717) is 37.0 Å². The highest BCUT2D eigenvalue weighted by Crippen LogP contribution is 2.63. The fourth-order valence-corrected chi connectivity index (χ4v) is 6.24. The van der Waals surface area contributed by atoms with Crippen LogP contribution >= 0.6 is 0 Å². The lowest BCUT2D eigenvalue weighted by Crippen LogP contribution is -2.55. The Morgan fingerprint density at radius 2 is 1.91 bits per heavy atom. The Hall–Kier alpha value is -1.29. The highest BCUT2D eigenvalue weighted by atomic mass is 16.3. The van der Waals surface area contributed by atoms with Gasteiger partial charge in [-0.15, -0.1) is 0 Å². The van der Waals surface area contributed by atoms with E-state index in [-0.39, 0.29) is 41.3 Å². The van der Waals surface area contributed by atoms with E-state index in [1.807, 2.05) is 0 Å². The predicted octanol–water partition coefficient (Wildman–Crippen LogP) is 2.24. The van der Waals surface area contributed by atoms with E-state index in [9.17, 15) is 19.5 Å². The molecule has 0 aliphatic heterocycles. The van der Waals surface area contributed by atoms with Gasteiger partial charge >= 0.3 is 0 Å². The van der Waals surface area contributed by atoms with Crippen molar-refractivity contribution < 1.29 is 19.5 Å². The number of fused-ring (bicyclic) bond motifs is 5. The first kappa shape index (κ1) is 15.3. The Kier molecular flexibility index (Phi) is 3.22. The zero-order valence-electron chi connectivity index (χ0n) is 13.6. The molecule has 4 rings (SSSR count). The lowest BCUT2D eigenvalue weighted by molar-refractivity contribution is -0.141. The number of carbonyl (C=O) groups excluding carboxylic acids is 3. The lowest BCUT2D eigenvalue weighted by Gasteiger charge is -2.56. The minimum Gasteiger partial charge on any atom is -0.395 e. The van der Waals surface area contributed by atoms with Crippen LogP contribution in [-0.4, -0.2) is 29.1 Å². The second-order valence-electron chi connectivity index (χ2n) is 8.26. The normalized spacial score (nSPS) is 46.1. The molecule has 0 aromatic carbocycles. The molecule has 124 valence electrons. The van der Waals surface area contributed by atoms with Crippen molar-refractivity contribution in [2.45, 2.75) is 51.9 Å². The summed E-state index contributed by atoms with van der Waals surface area (Å²) >= 11 is 0. The maximum atomic E-state index is 12.8. The van der Waals surface area contributed by atoms with Gasteiger partial charge < -0.3 is 5.11 Å². The summed E-state index contributed by atoms with van der Waals surface area (Å²) in [4.78, 5) is 36.9. The fraction of sp³-hybridized carbons (Fsp3) is 0.737. The van der Waals surface area contributed by atoms with Crippen molar-refractivity contribution in [2.24, 2.45) is 28.6 Å². The summed E-state index contributed by atoms with van der Waals surface area (Å²) in [5.41, 5.74) is -0.240. The summed E-state index contributed by atoms with van der Waals surface area (Å²) in [6, 6.07) is 0. The molecule has 3 fully saturated rings. The van der Waals surface area contributed by atoms with Gasteiger partial charge in [0.25, 0.3) is 0 Å². The molecule has 0 amide bonds. The van der Waals surface area contributed by atoms with E-state index >= 15 is 0 Å². The molecule has 4 nitrogen and oxygen atoms in total. The van der Waals surface area contributed by atoms with Crippen LogP contribution in [0.2, 0.25) is 0 Å². The molecule has 0 saturated heterocycles. The van der Waals surface area contributed by atoms with Crippen LogP contribution < -0.4 is 0 Å². The van der Waals surface area contributed by atoms with Gasteiger partial charge in [0.1, 0.15) is 5.78 Å². The van der Waals surface area contributed by atoms with Crippen LogP contribution in [-0.2, 0) is 14.4 Å². The van der Waals surface area contributed by atoms with E-state index in [1.54, 1.807) is 0 Å². The fourth-order valence-electron chi connectivity index (χ4n) is 6.24. The van der Waals surface area contributed by atoms with Gasteiger partial charge in [0.2, 0.25) is 0 Å². The van der Waals surface area contributed by atoms with Gasteiger partial charge in [-0.05, 0) is 49.5 Å².